The number of hydrogen-bond acceptors (Lipinski definition) is 4. The van der Waals surface area contributed by atoms with Gasteiger partial charge in [-0.25, -0.2) is 8.42 Å². The van der Waals surface area contributed by atoms with E-state index in [0.29, 0.717) is 11.4 Å². The first kappa shape index (κ1) is 17.6. The van der Waals surface area contributed by atoms with Crippen molar-refractivity contribution in [3.8, 4) is 5.75 Å². The predicted molar refractivity (Wildman–Crippen MR) is 90.1 cm³/mol. The van der Waals surface area contributed by atoms with Gasteiger partial charge < -0.3 is 10.1 Å². The van der Waals surface area contributed by atoms with Crippen LogP contribution in [-0.2, 0) is 14.8 Å². The topological polar surface area (TPSA) is 75.7 Å². The number of amides is 1. The molecule has 23 heavy (non-hydrogen) atoms. The Bertz CT molecular complexity index is 672. The van der Waals surface area contributed by atoms with E-state index in [4.69, 9.17) is 4.74 Å². The van der Waals surface area contributed by atoms with E-state index < -0.39 is 16.1 Å². The van der Waals surface area contributed by atoms with Crippen LogP contribution in [0.1, 0.15) is 27.7 Å². The minimum atomic E-state index is -3.47. The van der Waals surface area contributed by atoms with Crippen molar-refractivity contribution in [2.45, 2.75) is 39.8 Å². The maximum absolute atomic E-state index is 12.4. The predicted octanol–water partition coefficient (Wildman–Crippen LogP) is 1.76. The molecule has 6 nitrogen and oxygen atoms in total. The quantitative estimate of drug-likeness (QED) is 0.886. The fraction of sp³-hybridized carbons (Fsp3) is 0.562. The summed E-state index contributed by atoms with van der Waals surface area (Å²) in [6, 6.07) is 6.86. The Labute approximate surface area is 137 Å². The minimum absolute atomic E-state index is 0.0101. The third-order valence-corrected chi connectivity index (χ3v) is 5.84. The van der Waals surface area contributed by atoms with Crippen LogP contribution in [-0.4, -0.2) is 38.8 Å². The SMILES string of the molecule is CCS(=O)(=O)N1CC(C(=O)NC(C)C(C)C)Oc2ccccc21. The largest absolute Gasteiger partial charge is 0.476 e. The van der Waals surface area contributed by atoms with E-state index in [0.717, 1.165) is 0 Å². The molecule has 1 heterocycles. The van der Waals surface area contributed by atoms with Crippen molar-refractivity contribution in [2.75, 3.05) is 16.6 Å². The zero-order chi connectivity index (χ0) is 17.2. The molecule has 1 amide bonds. The van der Waals surface area contributed by atoms with E-state index in [2.05, 4.69) is 5.32 Å². The summed E-state index contributed by atoms with van der Waals surface area (Å²) in [5, 5.41) is 2.88. The number of rotatable bonds is 5. The number of anilines is 1. The normalized spacial score (nSPS) is 19.0. The monoisotopic (exact) mass is 340 g/mol. The molecule has 2 rings (SSSR count). The van der Waals surface area contributed by atoms with Gasteiger partial charge in [0.25, 0.3) is 5.91 Å². The number of nitrogens with zero attached hydrogens (tertiary/aromatic N) is 1. The van der Waals surface area contributed by atoms with Crippen molar-refractivity contribution in [3.63, 3.8) is 0 Å². The Morgan fingerprint density at radius 2 is 2.00 bits per heavy atom. The van der Waals surface area contributed by atoms with Crippen LogP contribution in [0.3, 0.4) is 0 Å². The molecule has 0 aliphatic carbocycles. The van der Waals surface area contributed by atoms with Crippen LogP contribution in [0.5, 0.6) is 5.75 Å². The second kappa shape index (κ2) is 6.78. The molecule has 2 atom stereocenters. The van der Waals surface area contributed by atoms with Gasteiger partial charge >= 0.3 is 0 Å². The highest BCUT2D eigenvalue weighted by Gasteiger charge is 2.36. The van der Waals surface area contributed by atoms with Crippen molar-refractivity contribution in [1.29, 1.82) is 0 Å². The Balaban J connectivity index is 2.28. The molecule has 0 fully saturated rings. The van der Waals surface area contributed by atoms with Crippen LogP contribution in [0.25, 0.3) is 0 Å². The van der Waals surface area contributed by atoms with Crippen LogP contribution < -0.4 is 14.4 Å². The molecule has 1 aromatic carbocycles. The fourth-order valence-electron chi connectivity index (χ4n) is 2.24. The number of ether oxygens (including phenoxy) is 1. The molecule has 1 N–H and O–H groups in total. The molecule has 0 saturated heterocycles. The van der Waals surface area contributed by atoms with Gasteiger partial charge in [-0.1, -0.05) is 26.0 Å². The standard InChI is InChI=1S/C16H24N2O4S/c1-5-23(20,21)18-10-15(16(19)17-12(4)11(2)3)22-14-9-7-6-8-13(14)18/h6-9,11-12,15H,5,10H2,1-4H3,(H,17,19). The zero-order valence-corrected chi connectivity index (χ0v) is 14.8. The van der Waals surface area contributed by atoms with Crippen molar-refractivity contribution < 1.29 is 17.9 Å². The van der Waals surface area contributed by atoms with E-state index in [1.807, 2.05) is 20.8 Å². The second-order valence-corrected chi connectivity index (χ2v) is 8.23. The summed E-state index contributed by atoms with van der Waals surface area (Å²) in [4.78, 5) is 12.4. The lowest BCUT2D eigenvalue weighted by molar-refractivity contribution is -0.128. The highest BCUT2D eigenvalue weighted by atomic mass is 32.2. The lowest BCUT2D eigenvalue weighted by Crippen LogP contribution is -2.53. The zero-order valence-electron chi connectivity index (χ0n) is 13.9. The van der Waals surface area contributed by atoms with Gasteiger partial charge in [0.15, 0.2) is 6.10 Å². The number of carbonyl (C=O) groups excluding carboxylic acids is 1. The van der Waals surface area contributed by atoms with Gasteiger partial charge in [-0.15, -0.1) is 0 Å². The summed E-state index contributed by atoms with van der Waals surface area (Å²) in [5.74, 6) is 0.369. The number of nitrogens with one attached hydrogen (secondary N) is 1. The van der Waals surface area contributed by atoms with Gasteiger partial charge in [0.1, 0.15) is 5.75 Å². The van der Waals surface area contributed by atoms with Crippen molar-refractivity contribution in [3.05, 3.63) is 24.3 Å². The molecular formula is C16H24N2O4S. The molecule has 128 valence electrons. The minimum Gasteiger partial charge on any atom is -0.476 e. The molecule has 0 bridgehead atoms. The molecule has 0 aromatic heterocycles. The first-order valence-corrected chi connectivity index (χ1v) is 9.43. The number of carbonyl (C=O) groups is 1. The lowest BCUT2D eigenvalue weighted by atomic mass is 10.1. The molecule has 1 aromatic rings. The Kier molecular flexibility index (Phi) is 5.19. The number of hydrogen-bond donors (Lipinski definition) is 1. The molecule has 0 spiro atoms. The van der Waals surface area contributed by atoms with Crippen LogP contribution in [0.2, 0.25) is 0 Å². The molecule has 7 heteroatoms. The third-order valence-electron chi connectivity index (χ3n) is 4.10. The number of fused-ring (bicyclic) bond motifs is 1. The summed E-state index contributed by atoms with van der Waals surface area (Å²) >= 11 is 0. The molecule has 0 saturated carbocycles. The Morgan fingerprint density at radius 3 is 2.61 bits per heavy atom. The summed E-state index contributed by atoms with van der Waals surface area (Å²) in [7, 11) is -3.47. The lowest BCUT2D eigenvalue weighted by Gasteiger charge is -2.35. The van der Waals surface area contributed by atoms with Gasteiger partial charge in [-0.05, 0) is 31.9 Å². The first-order chi connectivity index (χ1) is 10.8. The first-order valence-electron chi connectivity index (χ1n) is 7.82. The Morgan fingerprint density at radius 1 is 1.35 bits per heavy atom. The summed E-state index contributed by atoms with van der Waals surface area (Å²) in [6.45, 7) is 7.51. The van der Waals surface area contributed by atoms with Gasteiger partial charge in [-0.2, -0.15) is 0 Å². The van der Waals surface area contributed by atoms with Crippen molar-refractivity contribution in [1.82, 2.24) is 5.32 Å². The molecular weight excluding hydrogens is 316 g/mol. The number of benzene rings is 1. The summed E-state index contributed by atoms with van der Waals surface area (Å²) in [6.07, 6.45) is -0.854. The van der Waals surface area contributed by atoms with Gasteiger partial charge in [0.05, 0.1) is 18.0 Å². The van der Waals surface area contributed by atoms with Crippen LogP contribution in [0.15, 0.2) is 24.3 Å². The molecule has 2 unspecified atom stereocenters. The van der Waals surface area contributed by atoms with E-state index in [9.17, 15) is 13.2 Å². The van der Waals surface area contributed by atoms with E-state index in [1.165, 1.54) is 4.31 Å². The Hall–Kier alpha value is -1.76. The summed E-state index contributed by atoms with van der Waals surface area (Å²) < 4.78 is 31.7. The van der Waals surface area contributed by atoms with E-state index in [1.54, 1.807) is 31.2 Å². The average Bonchev–Trinajstić information content (AvgIpc) is 2.53. The smallest absolute Gasteiger partial charge is 0.263 e. The number of sulfonamides is 1. The van der Waals surface area contributed by atoms with Crippen molar-refractivity contribution >= 4 is 21.6 Å². The maximum atomic E-state index is 12.4. The molecule has 1 aliphatic heterocycles. The number of para-hydroxylation sites is 2. The third kappa shape index (κ3) is 3.77. The van der Waals surface area contributed by atoms with Crippen LogP contribution >= 0.6 is 0 Å². The fourth-order valence-corrected chi connectivity index (χ4v) is 3.37. The van der Waals surface area contributed by atoms with Crippen molar-refractivity contribution in [2.24, 2.45) is 5.92 Å². The second-order valence-electron chi connectivity index (χ2n) is 6.05. The molecule has 1 aliphatic rings. The van der Waals surface area contributed by atoms with Crippen LogP contribution in [0.4, 0.5) is 5.69 Å². The maximum Gasteiger partial charge on any atom is 0.263 e. The van der Waals surface area contributed by atoms with Gasteiger partial charge in [0, 0.05) is 6.04 Å². The average molecular weight is 340 g/mol. The van der Waals surface area contributed by atoms with E-state index >= 15 is 0 Å². The van der Waals surface area contributed by atoms with Crippen LogP contribution in [0, 0.1) is 5.92 Å². The molecule has 0 radical (unpaired) electrons. The highest BCUT2D eigenvalue weighted by Crippen LogP contribution is 2.35. The summed E-state index contributed by atoms with van der Waals surface area (Å²) in [5.41, 5.74) is 0.482. The van der Waals surface area contributed by atoms with E-state index in [-0.39, 0.29) is 30.2 Å². The van der Waals surface area contributed by atoms with Gasteiger partial charge in [-0.3, -0.25) is 9.10 Å². The highest BCUT2D eigenvalue weighted by molar-refractivity contribution is 7.92. The van der Waals surface area contributed by atoms with Gasteiger partial charge in [0.2, 0.25) is 10.0 Å².